The molecule has 1 heterocycles. The van der Waals surface area contributed by atoms with E-state index in [1.54, 1.807) is 0 Å². The van der Waals surface area contributed by atoms with E-state index in [2.05, 4.69) is 26.3 Å². The normalized spacial score (nSPS) is 19.3. The number of aliphatic imine (C=N–C) groups is 1. The third-order valence-corrected chi connectivity index (χ3v) is 4.59. The van der Waals surface area contributed by atoms with Crippen LogP contribution in [0.4, 0.5) is 5.69 Å². The SMILES string of the molecule is CCNC(=NCC1CC(=O)Nc2ccccc21)NCCNC(=O)C1CC1. The fourth-order valence-corrected chi connectivity index (χ4v) is 3.06. The van der Waals surface area contributed by atoms with Gasteiger partial charge in [0.1, 0.15) is 0 Å². The van der Waals surface area contributed by atoms with Crippen molar-refractivity contribution in [3.8, 4) is 0 Å². The molecule has 2 aliphatic rings. The maximum Gasteiger partial charge on any atom is 0.225 e. The average Bonchev–Trinajstić information content (AvgIpc) is 3.47. The van der Waals surface area contributed by atoms with E-state index in [-0.39, 0.29) is 23.7 Å². The van der Waals surface area contributed by atoms with Crippen molar-refractivity contribution in [1.29, 1.82) is 0 Å². The van der Waals surface area contributed by atoms with E-state index in [1.807, 2.05) is 31.2 Å². The number of para-hydroxylation sites is 1. The predicted octanol–water partition coefficient (Wildman–Crippen LogP) is 1.19. The van der Waals surface area contributed by atoms with Gasteiger partial charge in [0.2, 0.25) is 11.8 Å². The maximum absolute atomic E-state index is 11.9. The minimum absolute atomic E-state index is 0.0321. The summed E-state index contributed by atoms with van der Waals surface area (Å²) in [5.74, 6) is 1.19. The molecule has 2 amide bonds. The average molecular weight is 357 g/mol. The fraction of sp³-hybridized carbons (Fsp3) is 0.526. The van der Waals surface area contributed by atoms with Crippen LogP contribution < -0.4 is 21.3 Å². The van der Waals surface area contributed by atoms with Gasteiger partial charge in [-0.25, -0.2) is 0 Å². The van der Waals surface area contributed by atoms with Crippen LogP contribution in [0.3, 0.4) is 0 Å². The highest BCUT2D eigenvalue weighted by Gasteiger charge is 2.29. The summed E-state index contributed by atoms with van der Waals surface area (Å²) in [7, 11) is 0. The first-order chi connectivity index (χ1) is 12.7. The summed E-state index contributed by atoms with van der Waals surface area (Å²) in [5, 5.41) is 12.3. The number of hydrogen-bond donors (Lipinski definition) is 4. The van der Waals surface area contributed by atoms with Crippen molar-refractivity contribution in [1.82, 2.24) is 16.0 Å². The number of nitrogens with zero attached hydrogens (tertiary/aromatic N) is 1. The molecule has 26 heavy (non-hydrogen) atoms. The summed E-state index contributed by atoms with van der Waals surface area (Å²) < 4.78 is 0. The van der Waals surface area contributed by atoms with Gasteiger partial charge < -0.3 is 21.3 Å². The number of carbonyl (C=O) groups is 2. The summed E-state index contributed by atoms with van der Waals surface area (Å²) in [6, 6.07) is 7.88. The first kappa shape index (κ1) is 18.2. The van der Waals surface area contributed by atoms with Gasteiger partial charge in [0.05, 0.1) is 6.54 Å². The summed E-state index contributed by atoms with van der Waals surface area (Å²) >= 11 is 0. The number of rotatable bonds is 7. The molecule has 1 saturated carbocycles. The van der Waals surface area contributed by atoms with Crippen molar-refractivity contribution in [2.75, 3.05) is 31.5 Å². The van der Waals surface area contributed by atoms with Gasteiger partial charge in [0.25, 0.3) is 0 Å². The molecule has 1 aliphatic carbocycles. The van der Waals surface area contributed by atoms with E-state index in [4.69, 9.17) is 0 Å². The van der Waals surface area contributed by atoms with Gasteiger partial charge >= 0.3 is 0 Å². The van der Waals surface area contributed by atoms with Crippen LogP contribution >= 0.6 is 0 Å². The minimum Gasteiger partial charge on any atom is -0.357 e. The molecule has 0 saturated heterocycles. The highest BCUT2D eigenvalue weighted by Crippen LogP contribution is 2.32. The molecular weight excluding hydrogens is 330 g/mol. The molecule has 1 aliphatic heterocycles. The summed E-state index contributed by atoms with van der Waals surface area (Å²) in [5.41, 5.74) is 2.01. The molecule has 4 N–H and O–H groups in total. The zero-order valence-electron chi connectivity index (χ0n) is 15.2. The van der Waals surface area contributed by atoms with Crippen molar-refractivity contribution in [3.63, 3.8) is 0 Å². The van der Waals surface area contributed by atoms with Gasteiger partial charge in [-0.15, -0.1) is 0 Å². The number of benzene rings is 1. The fourth-order valence-electron chi connectivity index (χ4n) is 3.06. The Morgan fingerprint density at radius 1 is 1.19 bits per heavy atom. The lowest BCUT2D eigenvalue weighted by Gasteiger charge is -2.24. The summed E-state index contributed by atoms with van der Waals surface area (Å²) in [4.78, 5) is 28.2. The van der Waals surface area contributed by atoms with Crippen molar-refractivity contribution in [3.05, 3.63) is 29.8 Å². The smallest absolute Gasteiger partial charge is 0.225 e. The van der Waals surface area contributed by atoms with Crippen LogP contribution in [0.25, 0.3) is 0 Å². The molecule has 140 valence electrons. The van der Waals surface area contributed by atoms with Crippen molar-refractivity contribution < 1.29 is 9.59 Å². The van der Waals surface area contributed by atoms with Crippen molar-refractivity contribution in [2.45, 2.75) is 32.1 Å². The monoisotopic (exact) mass is 357 g/mol. The van der Waals surface area contributed by atoms with Crippen molar-refractivity contribution in [2.24, 2.45) is 10.9 Å². The Balaban J connectivity index is 1.53. The molecule has 1 unspecified atom stereocenters. The van der Waals surface area contributed by atoms with Crippen LogP contribution in [-0.2, 0) is 9.59 Å². The van der Waals surface area contributed by atoms with E-state index in [0.29, 0.717) is 32.0 Å². The topological polar surface area (TPSA) is 94.6 Å². The molecule has 7 nitrogen and oxygen atoms in total. The third kappa shape index (κ3) is 4.97. The Kier molecular flexibility index (Phi) is 6.09. The van der Waals surface area contributed by atoms with E-state index >= 15 is 0 Å². The molecule has 1 aromatic rings. The highest BCUT2D eigenvalue weighted by molar-refractivity contribution is 5.94. The van der Waals surface area contributed by atoms with E-state index in [0.717, 1.165) is 30.6 Å². The number of hydrogen-bond acceptors (Lipinski definition) is 3. The molecule has 1 atom stereocenters. The molecule has 1 fully saturated rings. The second kappa shape index (κ2) is 8.69. The number of fused-ring (bicyclic) bond motifs is 1. The lowest BCUT2D eigenvalue weighted by atomic mass is 9.91. The standard InChI is InChI=1S/C19H27N5O2/c1-2-20-19(22-10-9-21-18(26)13-7-8-13)23-12-14-11-17(25)24-16-6-4-3-5-15(14)16/h3-6,13-14H,2,7-12H2,1H3,(H,21,26)(H,24,25)(H2,20,22,23). The molecule has 0 spiro atoms. The van der Waals surface area contributed by atoms with E-state index in [9.17, 15) is 9.59 Å². The first-order valence-corrected chi connectivity index (χ1v) is 9.36. The Bertz CT molecular complexity index is 684. The zero-order chi connectivity index (χ0) is 18.4. The van der Waals surface area contributed by atoms with E-state index in [1.165, 1.54) is 0 Å². The second-order valence-electron chi connectivity index (χ2n) is 6.75. The summed E-state index contributed by atoms with van der Waals surface area (Å²) in [6.07, 6.45) is 2.47. The molecule has 0 bridgehead atoms. The maximum atomic E-state index is 11.9. The van der Waals surface area contributed by atoms with E-state index < -0.39 is 0 Å². The van der Waals surface area contributed by atoms with Gasteiger partial charge in [-0.05, 0) is 31.4 Å². The molecular formula is C19H27N5O2. The Hall–Kier alpha value is -2.57. The molecule has 1 aromatic carbocycles. The number of carbonyl (C=O) groups excluding carboxylic acids is 2. The van der Waals surface area contributed by atoms with Gasteiger partial charge in [0, 0.05) is 43.6 Å². The van der Waals surface area contributed by atoms with Crippen LogP contribution in [-0.4, -0.2) is 44.0 Å². The number of amides is 2. The summed E-state index contributed by atoms with van der Waals surface area (Å²) in [6.45, 7) is 4.49. The van der Waals surface area contributed by atoms with Crippen LogP contribution in [0.2, 0.25) is 0 Å². The highest BCUT2D eigenvalue weighted by atomic mass is 16.2. The lowest BCUT2D eigenvalue weighted by molar-refractivity contribution is -0.122. The Labute approximate surface area is 154 Å². The van der Waals surface area contributed by atoms with Crippen LogP contribution in [0.5, 0.6) is 0 Å². The second-order valence-corrected chi connectivity index (χ2v) is 6.75. The van der Waals surface area contributed by atoms with Gasteiger partial charge in [0.15, 0.2) is 5.96 Å². The minimum atomic E-state index is 0.0321. The van der Waals surface area contributed by atoms with Crippen molar-refractivity contribution >= 4 is 23.5 Å². The van der Waals surface area contributed by atoms with Gasteiger partial charge in [-0.3, -0.25) is 14.6 Å². The predicted molar refractivity (Wildman–Crippen MR) is 102 cm³/mol. The number of nitrogens with one attached hydrogen (secondary N) is 4. The van der Waals surface area contributed by atoms with Crippen LogP contribution in [0, 0.1) is 5.92 Å². The quantitative estimate of drug-likeness (QED) is 0.335. The zero-order valence-corrected chi connectivity index (χ0v) is 15.2. The lowest BCUT2D eigenvalue weighted by Crippen LogP contribution is -2.42. The number of guanidine groups is 1. The van der Waals surface area contributed by atoms with Gasteiger partial charge in [-0.1, -0.05) is 18.2 Å². The Morgan fingerprint density at radius 3 is 2.73 bits per heavy atom. The molecule has 0 radical (unpaired) electrons. The van der Waals surface area contributed by atoms with Gasteiger partial charge in [-0.2, -0.15) is 0 Å². The molecule has 3 rings (SSSR count). The Morgan fingerprint density at radius 2 is 1.96 bits per heavy atom. The van der Waals surface area contributed by atoms with Crippen LogP contribution in [0.15, 0.2) is 29.3 Å². The molecule has 7 heteroatoms. The van der Waals surface area contributed by atoms with Crippen LogP contribution in [0.1, 0.15) is 37.7 Å². The first-order valence-electron chi connectivity index (χ1n) is 9.36. The third-order valence-electron chi connectivity index (χ3n) is 4.59. The largest absolute Gasteiger partial charge is 0.357 e. The molecule has 0 aromatic heterocycles. The number of anilines is 1.